The number of hydrogen-bond donors (Lipinski definition) is 2. The quantitative estimate of drug-likeness (QED) is 0.654. The van der Waals surface area contributed by atoms with Crippen LogP contribution in [0.25, 0.3) is 0 Å². The van der Waals surface area contributed by atoms with Crippen LogP contribution in [0.15, 0.2) is 53.4 Å². The van der Waals surface area contributed by atoms with Crippen molar-refractivity contribution in [3.8, 4) is 0 Å². The molecule has 150 valence electrons. The molecule has 1 atom stereocenters. The minimum atomic E-state index is -3.88. The number of esters is 1. The summed E-state index contributed by atoms with van der Waals surface area (Å²) < 4.78 is 44.7. The molecule has 7 nitrogen and oxygen atoms in total. The van der Waals surface area contributed by atoms with Crippen molar-refractivity contribution < 1.29 is 27.1 Å². The SMILES string of the molecule is CC[C@@H](C)NC(=O)COC(=O)c1ccc(NS(=O)(=O)c2ccc(F)cc2)cc1. The normalized spacial score (nSPS) is 12.1. The molecular weight excluding hydrogens is 387 g/mol. The van der Waals surface area contributed by atoms with Crippen molar-refractivity contribution in [1.29, 1.82) is 0 Å². The standard InChI is InChI=1S/C19H21FN2O5S/c1-3-13(2)21-18(23)12-27-19(24)14-4-8-16(9-5-14)22-28(25,26)17-10-6-15(20)7-11-17/h4-11,13,22H,3,12H2,1-2H3,(H,21,23)/t13-/m1/s1. The Morgan fingerprint density at radius 3 is 2.25 bits per heavy atom. The Hall–Kier alpha value is -2.94. The number of carbonyl (C=O) groups excluding carboxylic acids is 2. The van der Waals surface area contributed by atoms with Gasteiger partial charge in [-0.15, -0.1) is 0 Å². The predicted molar refractivity (Wildman–Crippen MR) is 102 cm³/mol. The number of halogens is 1. The van der Waals surface area contributed by atoms with Crippen molar-refractivity contribution >= 4 is 27.6 Å². The van der Waals surface area contributed by atoms with Crippen LogP contribution >= 0.6 is 0 Å². The van der Waals surface area contributed by atoms with Gasteiger partial charge in [0.15, 0.2) is 6.61 Å². The molecule has 2 rings (SSSR count). The summed E-state index contributed by atoms with van der Waals surface area (Å²) in [7, 11) is -3.88. The van der Waals surface area contributed by atoms with Crippen LogP contribution in [0.5, 0.6) is 0 Å². The van der Waals surface area contributed by atoms with Gasteiger partial charge < -0.3 is 10.1 Å². The Morgan fingerprint density at radius 2 is 1.68 bits per heavy atom. The van der Waals surface area contributed by atoms with Crippen molar-refractivity contribution in [1.82, 2.24) is 5.32 Å². The molecule has 0 aliphatic carbocycles. The van der Waals surface area contributed by atoms with Gasteiger partial charge in [-0.05, 0) is 61.9 Å². The molecule has 0 saturated heterocycles. The van der Waals surface area contributed by atoms with Crippen LogP contribution in [0.1, 0.15) is 30.6 Å². The van der Waals surface area contributed by atoms with Crippen molar-refractivity contribution in [3.05, 3.63) is 59.9 Å². The van der Waals surface area contributed by atoms with E-state index < -0.39 is 34.3 Å². The first kappa shape index (κ1) is 21.4. The highest BCUT2D eigenvalue weighted by atomic mass is 32.2. The molecule has 0 bridgehead atoms. The van der Waals surface area contributed by atoms with Crippen LogP contribution in [-0.4, -0.2) is 32.9 Å². The molecule has 2 N–H and O–H groups in total. The lowest BCUT2D eigenvalue weighted by molar-refractivity contribution is -0.124. The summed E-state index contributed by atoms with van der Waals surface area (Å²) in [4.78, 5) is 23.5. The molecule has 0 spiro atoms. The van der Waals surface area contributed by atoms with Gasteiger partial charge in [-0.1, -0.05) is 6.92 Å². The average molecular weight is 408 g/mol. The summed E-state index contributed by atoms with van der Waals surface area (Å²) in [5.41, 5.74) is 0.386. The average Bonchev–Trinajstić information content (AvgIpc) is 2.66. The smallest absolute Gasteiger partial charge is 0.338 e. The van der Waals surface area contributed by atoms with E-state index in [2.05, 4.69) is 10.0 Å². The number of hydrogen-bond acceptors (Lipinski definition) is 5. The third-order valence-electron chi connectivity index (χ3n) is 3.85. The fraction of sp³-hybridized carbons (Fsp3) is 0.263. The summed E-state index contributed by atoms with van der Waals surface area (Å²) in [6.07, 6.45) is 0.759. The number of amides is 1. The molecule has 0 unspecified atom stereocenters. The van der Waals surface area contributed by atoms with Gasteiger partial charge in [0, 0.05) is 11.7 Å². The Labute approximate surface area is 163 Å². The van der Waals surface area contributed by atoms with E-state index in [4.69, 9.17) is 4.74 Å². The Morgan fingerprint density at radius 1 is 1.07 bits per heavy atom. The molecule has 2 aromatic carbocycles. The number of benzene rings is 2. The first-order chi connectivity index (χ1) is 13.2. The zero-order valence-electron chi connectivity index (χ0n) is 15.4. The van der Waals surface area contributed by atoms with E-state index in [9.17, 15) is 22.4 Å². The van der Waals surface area contributed by atoms with Crippen molar-refractivity contribution in [2.45, 2.75) is 31.2 Å². The molecule has 0 fully saturated rings. The molecule has 2 aromatic rings. The lowest BCUT2D eigenvalue weighted by Gasteiger charge is -2.11. The third kappa shape index (κ3) is 6.05. The minimum Gasteiger partial charge on any atom is -0.452 e. The van der Waals surface area contributed by atoms with Gasteiger partial charge in [0.25, 0.3) is 15.9 Å². The molecule has 1 amide bonds. The maximum Gasteiger partial charge on any atom is 0.338 e. The number of ether oxygens (including phenoxy) is 1. The number of nitrogens with one attached hydrogen (secondary N) is 2. The topological polar surface area (TPSA) is 102 Å². The molecular formula is C19H21FN2O5S. The van der Waals surface area contributed by atoms with Gasteiger partial charge >= 0.3 is 5.97 Å². The van der Waals surface area contributed by atoms with Crippen molar-refractivity contribution in [3.63, 3.8) is 0 Å². The first-order valence-corrected chi connectivity index (χ1v) is 10.0. The second kappa shape index (κ2) is 9.32. The Bertz CT molecular complexity index is 928. The highest BCUT2D eigenvalue weighted by Gasteiger charge is 2.15. The van der Waals surface area contributed by atoms with E-state index >= 15 is 0 Å². The molecule has 9 heteroatoms. The van der Waals surface area contributed by atoms with E-state index in [1.807, 2.05) is 13.8 Å². The van der Waals surface area contributed by atoms with Crippen LogP contribution in [0.2, 0.25) is 0 Å². The summed E-state index contributed by atoms with van der Waals surface area (Å²) >= 11 is 0. The van der Waals surface area contributed by atoms with Gasteiger partial charge in [0.05, 0.1) is 10.5 Å². The van der Waals surface area contributed by atoms with Crippen LogP contribution in [0.3, 0.4) is 0 Å². The molecule has 0 aliphatic rings. The van der Waals surface area contributed by atoms with E-state index in [1.165, 1.54) is 24.3 Å². The van der Waals surface area contributed by atoms with Crippen LogP contribution in [0, 0.1) is 5.82 Å². The molecule has 0 heterocycles. The molecule has 0 aromatic heterocycles. The van der Waals surface area contributed by atoms with E-state index in [1.54, 1.807) is 0 Å². The van der Waals surface area contributed by atoms with Crippen molar-refractivity contribution in [2.24, 2.45) is 0 Å². The number of rotatable bonds is 8. The monoisotopic (exact) mass is 408 g/mol. The maximum absolute atomic E-state index is 12.9. The summed E-state index contributed by atoms with van der Waals surface area (Å²) in [5, 5.41) is 2.67. The van der Waals surface area contributed by atoms with Gasteiger partial charge in [0.2, 0.25) is 0 Å². The van der Waals surface area contributed by atoms with E-state index in [-0.39, 0.29) is 22.2 Å². The van der Waals surface area contributed by atoms with Gasteiger partial charge in [-0.3, -0.25) is 9.52 Å². The van der Waals surface area contributed by atoms with Crippen LogP contribution < -0.4 is 10.0 Å². The van der Waals surface area contributed by atoms with E-state index in [0.29, 0.717) is 0 Å². The van der Waals surface area contributed by atoms with Gasteiger partial charge in [-0.25, -0.2) is 17.6 Å². The Kier molecular flexibility index (Phi) is 7.11. The molecule has 28 heavy (non-hydrogen) atoms. The molecule has 0 radical (unpaired) electrons. The summed E-state index contributed by atoms with van der Waals surface area (Å²) in [6, 6.07) is 9.89. The number of anilines is 1. The van der Waals surface area contributed by atoms with Crippen molar-refractivity contribution in [2.75, 3.05) is 11.3 Å². The fourth-order valence-corrected chi connectivity index (χ4v) is 3.19. The first-order valence-electron chi connectivity index (χ1n) is 8.56. The summed E-state index contributed by atoms with van der Waals surface area (Å²) in [6.45, 7) is 3.36. The lowest BCUT2D eigenvalue weighted by Crippen LogP contribution is -2.35. The zero-order valence-corrected chi connectivity index (χ0v) is 16.3. The fourth-order valence-electron chi connectivity index (χ4n) is 2.14. The molecule has 0 aliphatic heterocycles. The number of carbonyl (C=O) groups is 2. The lowest BCUT2D eigenvalue weighted by atomic mass is 10.2. The summed E-state index contributed by atoms with van der Waals surface area (Å²) in [5.74, 6) is -1.64. The van der Waals surface area contributed by atoms with Gasteiger partial charge in [0.1, 0.15) is 5.82 Å². The molecule has 0 saturated carbocycles. The van der Waals surface area contributed by atoms with Gasteiger partial charge in [-0.2, -0.15) is 0 Å². The van der Waals surface area contributed by atoms with E-state index in [0.717, 1.165) is 30.7 Å². The zero-order chi connectivity index (χ0) is 20.7. The highest BCUT2D eigenvalue weighted by Crippen LogP contribution is 2.17. The second-order valence-electron chi connectivity index (χ2n) is 6.09. The predicted octanol–water partition coefficient (Wildman–Crippen LogP) is 2.70. The highest BCUT2D eigenvalue weighted by molar-refractivity contribution is 7.92. The third-order valence-corrected chi connectivity index (χ3v) is 5.25. The largest absolute Gasteiger partial charge is 0.452 e. The number of sulfonamides is 1. The minimum absolute atomic E-state index is 0.0142. The van der Waals surface area contributed by atoms with Crippen LogP contribution in [-0.2, 0) is 19.6 Å². The van der Waals surface area contributed by atoms with Crippen LogP contribution in [0.4, 0.5) is 10.1 Å². The Balaban J connectivity index is 1.96. The maximum atomic E-state index is 12.9. The second-order valence-corrected chi connectivity index (χ2v) is 7.77.